The number of anilines is 2. The van der Waals surface area contributed by atoms with E-state index in [0.29, 0.717) is 5.69 Å². The molecule has 0 spiro atoms. The molecule has 2 rings (SSSR count). The summed E-state index contributed by atoms with van der Waals surface area (Å²) in [5.74, 6) is -0.799. The number of carbonyl (C=O) groups is 2. The molecule has 0 atom stereocenters. The number of nitrogens with one attached hydrogen (secondary N) is 1. The van der Waals surface area contributed by atoms with Gasteiger partial charge in [0.2, 0.25) is 11.8 Å². The molecule has 0 bridgehead atoms. The summed E-state index contributed by atoms with van der Waals surface area (Å²) in [6, 6.07) is 9.68. The molecule has 7 heteroatoms. The zero-order valence-electron chi connectivity index (χ0n) is 14.6. The summed E-state index contributed by atoms with van der Waals surface area (Å²) in [6.45, 7) is 4.80. The van der Waals surface area contributed by atoms with Crippen LogP contribution in [0.1, 0.15) is 23.6 Å². The van der Waals surface area contributed by atoms with Crippen molar-refractivity contribution in [1.29, 1.82) is 0 Å². The van der Waals surface area contributed by atoms with Gasteiger partial charge in [-0.15, -0.1) is 0 Å². The minimum Gasteiger partial charge on any atom is -0.325 e. The van der Waals surface area contributed by atoms with Crippen LogP contribution in [0.3, 0.4) is 0 Å². The van der Waals surface area contributed by atoms with Crippen LogP contribution in [0, 0.1) is 13.8 Å². The lowest BCUT2D eigenvalue weighted by molar-refractivity contribution is -0.137. The normalized spacial score (nSPS) is 11.2. The number of benzene rings is 2. The highest BCUT2D eigenvalue weighted by Crippen LogP contribution is 2.30. The molecule has 1 N–H and O–H groups in total. The molecular weight excluding hydrogens is 345 g/mol. The number of hydrogen-bond donors (Lipinski definition) is 1. The van der Waals surface area contributed by atoms with Crippen LogP contribution in [-0.2, 0) is 15.8 Å². The maximum atomic E-state index is 12.6. The van der Waals surface area contributed by atoms with Crippen molar-refractivity contribution in [1.82, 2.24) is 0 Å². The number of amides is 2. The van der Waals surface area contributed by atoms with Crippen molar-refractivity contribution in [2.75, 3.05) is 16.8 Å². The first-order valence-corrected chi connectivity index (χ1v) is 7.91. The number of para-hydroxylation sites is 1. The van der Waals surface area contributed by atoms with Gasteiger partial charge in [-0.05, 0) is 49.2 Å². The number of nitrogens with zero attached hydrogens (tertiary/aromatic N) is 1. The third-order valence-electron chi connectivity index (χ3n) is 3.89. The van der Waals surface area contributed by atoms with Crippen LogP contribution in [0.4, 0.5) is 24.5 Å². The van der Waals surface area contributed by atoms with Crippen LogP contribution >= 0.6 is 0 Å². The van der Waals surface area contributed by atoms with Crippen molar-refractivity contribution in [3.63, 3.8) is 0 Å². The first kappa shape index (κ1) is 19.5. The van der Waals surface area contributed by atoms with Crippen molar-refractivity contribution in [2.24, 2.45) is 0 Å². The zero-order valence-corrected chi connectivity index (χ0v) is 14.6. The van der Waals surface area contributed by atoms with Crippen LogP contribution in [0.15, 0.2) is 42.5 Å². The first-order valence-electron chi connectivity index (χ1n) is 7.91. The Kier molecular flexibility index (Phi) is 5.69. The molecule has 2 amide bonds. The summed E-state index contributed by atoms with van der Waals surface area (Å²) >= 11 is 0. The Morgan fingerprint density at radius 3 is 2.00 bits per heavy atom. The summed E-state index contributed by atoms with van der Waals surface area (Å²) in [6.07, 6.45) is -4.43. The van der Waals surface area contributed by atoms with E-state index in [1.165, 1.54) is 24.0 Å². The average molecular weight is 364 g/mol. The summed E-state index contributed by atoms with van der Waals surface area (Å²) < 4.78 is 37.7. The van der Waals surface area contributed by atoms with Gasteiger partial charge < -0.3 is 10.2 Å². The van der Waals surface area contributed by atoms with E-state index < -0.39 is 17.6 Å². The third-order valence-corrected chi connectivity index (χ3v) is 3.89. The van der Waals surface area contributed by atoms with Gasteiger partial charge in [-0.25, -0.2) is 0 Å². The molecule has 26 heavy (non-hydrogen) atoms. The molecule has 0 fully saturated rings. The molecule has 2 aromatic rings. The monoisotopic (exact) mass is 364 g/mol. The van der Waals surface area contributed by atoms with Crippen molar-refractivity contribution in [3.05, 3.63) is 59.2 Å². The zero-order chi connectivity index (χ0) is 19.5. The van der Waals surface area contributed by atoms with Gasteiger partial charge in [0.15, 0.2) is 0 Å². The average Bonchev–Trinajstić information content (AvgIpc) is 2.53. The van der Waals surface area contributed by atoms with Crippen LogP contribution in [0.5, 0.6) is 0 Å². The molecule has 138 valence electrons. The summed E-state index contributed by atoms with van der Waals surface area (Å²) in [5, 5.41) is 2.51. The molecule has 0 aromatic heterocycles. The molecule has 2 aromatic carbocycles. The quantitative estimate of drug-likeness (QED) is 0.879. The van der Waals surface area contributed by atoms with Gasteiger partial charge in [0, 0.05) is 12.6 Å². The van der Waals surface area contributed by atoms with E-state index in [-0.39, 0.29) is 18.1 Å². The van der Waals surface area contributed by atoms with E-state index in [2.05, 4.69) is 5.32 Å². The standard InChI is InChI=1S/C19H19F3N2O2/c1-12-5-4-6-13(2)18(12)24(14(3)25)11-17(26)23-16-9-7-15(8-10-16)19(20,21)22/h4-10H,11H2,1-3H3,(H,23,26). The SMILES string of the molecule is CC(=O)N(CC(=O)Nc1ccc(C(F)(F)F)cc1)c1c(C)cccc1C. The summed E-state index contributed by atoms with van der Waals surface area (Å²) in [7, 11) is 0. The fourth-order valence-corrected chi connectivity index (χ4v) is 2.67. The number of hydrogen-bond acceptors (Lipinski definition) is 2. The Morgan fingerprint density at radius 1 is 1.00 bits per heavy atom. The van der Waals surface area contributed by atoms with E-state index in [9.17, 15) is 22.8 Å². The molecule has 0 saturated carbocycles. The summed E-state index contributed by atoms with van der Waals surface area (Å²) in [4.78, 5) is 25.6. The van der Waals surface area contributed by atoms with Gasteiger partial charge in [-0.3, -0.25) is 9.59 Å². The Balaban J connectivity index is 2.15. The van der Waals surface area contributed by atoms with Crippen molar-refractivity contribution in [2.45, 2.75) is 26.9 Å². The first-order chi connectivity index (χ1) is 12.1. The van der Waals surface area contributed by atoms with E-state index in [1.807, 2.05) is 32.0 Å². The van der Waals surface area contributed by atoms with E-state index in [0.717, 1.165) is 23.3 Å². The molecule has 0 unspecified atom stereocenters. The minimum absolute atomic E-state index is 0.230. The van der Waals surface area contributed by atoms with Crippen molar-refractivity contribution < 1.29 is 22.8 Å². The lowest BCUT2D eigenvalue weighted by atomic mass is 10.1. The van der Waals surface area contributed by atoms with Crippen LogP contribution < -0.4 is 10.2 Å². The predicted octanol–water partition coefficient (Wildman–Crippen LogP) is 4.31. The third kappa shape index (κ3) is 4.62. The van der Waals surface area contributed by atoms with Gasteiger partial charge in [-0.2, -0.15) is 13.2 Å². The van der Waals surface area contributed by atoms with Crippen LogP contribution in [0.25, 0.3) is 0 Å². The molecule has 0 aliphatic rings. The maximum absolute atomic E-state index is 12.6. The second kappa shape index (κ2) is 7.59. The second-order valence-electron chi connectivity index (χ2n) is 5.97. The number of alkyl halides is 3. The van der Waals surface area contributed by atoms with Gasteiger partial charge >= 0.3 is 6.18 Å². The molecule has 0 radical (unpaired) electrons. The Hall–Kier alpha value is -2.83. The van der Waals surface area contributed by atoms with Gasteiger partial charge in [0.25, 0.3) is 0 Å². The highest BCUT2D eigenvalue weighted by Gasteiger charge is 2.30. The molecular formula is C19H19F3N2O2. The molecule has 4 nitrogen and oxygen atoms in total. The van der Waals surface area contributed by atoms with E-state index in [1.54, 1.807) is 0 Å². The summed E-state index contributed by atoms with van der Waals surface area (Å²) in [5.41, 5.74) is 1.79. The number of carbonyl (C=O) groups excluding carboxylic acids is 2. The van der Waals surface area contributed by atoms with Gasteiger partial charge in [0.05, 0.1) is 11.3 Å². The topological polar surface area (TPSA) is 49.4 Å². The fourth-order valence-electron chi connectivity index (χ4n) is 2.67. The Morgan fingerprint density at radius 2 is 1.54 bits per heavy atom. The van der Waals surface area contributed by atoms with Gasteiger partial charge in [0.1, 0.15) is 6.54 Å². The van der Waals surface area contributed by atoms with Crippen LogP contribution in [-0.4, -0.2) is 18.4 Å². The largest absolute Gasteiger partial charge is 0.416 e. The number of rotatable bonds is 4. The second-order valence-corrected chi connectivity index (χ2v) is 5.97. The molecule has 0 heterocycles. The van der Waals surface area contributed by atoms with Gasteiger partial charge in [-0.1, -0.05) is 18.2 Å². The van der Waals surface area contributed by atoms with Crippen molar-refractivity contribution >= 4 is 23.2 Å². The van der Waals surface area contributed by atoms with Crippen molar-refractivity contribution in [3.8, 4) is 0 Å². The highest BCUT2D eigenvalue weighted by atomic mass is 19.4. The fraction of sp³-hybridized carbons (Fsp3) is 0.263. The Bertz CT molecular complexity index is 794. The highest BCUT2D eigenvalue weighted by molar-refractivity contribution is 6.02. The molecule has 0 saturated heterocycles. The van der Waals surface area contributed by atoms with Crippen LogP contribution in [0.2, 0.25) is 0 Å². The maximum Gasteiger partial charge on any atom is 0.416 e. The molecule has 0 aliphatic carbocycles. The predicted molar refractivity (Wildman–Crippen MR) is 94.0 cm³/mol. The molecule has 0 aliphatic heterocycles. The number of halogens is 3. The Labute approximate surface area is 149 Å². The van der Waals surface area contributed by atoms with E-state index in [4.69, 9.17) is 0 Å². The number of aryl methyl sites for hydroxylation is 2. The lowest BCUT2D eigenvalue weighted by Crippen LogP contribution is -2.37. The smallest absolute Gasteiger partial charge is 0.325 e. The van der Waals surface area contributed by atoms with E-state index >= 15 is 0 Å². The minimum atomic E-state index is -4.43. The lowest BCUT2D eigenvalue weighted by Gasteiger charge is -2.24.